The van der Waals surface area contributed by atoms with E-state index in [1.54, 1.807) is 37.6 Å². The summed E-state index contributed by atoms with van der Waals surface area (Å²) in [7, 11) is 1.56. The SMILES string of the molecule is COC[C@H](C)NC(=O)c1ccc(C(=O)Nc2ccc(Cl)c(-c3ccccn3)c2)c(Cl)c1. The van der Waals surface area contributed by atoms with Crippen molar-refractivity contribution in [2.24, 2.45) is 0 Å². The Kier molecular flexibility index (Phi) is 7.63. The number of carbonyl (C=O) groups excluding carboxylic acids is 2. The van der Waals surface area contributed by atoms with Crippen LogP contribution in [0.1, 0.15) is 27.6 Å². The van der Waals surface area contributed by atoms with Crippen molar-refractivity contribution in [1.82, 2.24) is 10.3 Å². The summed E-state index contributed by atoms with van der Waals surface area (Å²) in [6.07, 6.45) is 1.67. The summed E-state index contributed by atoms with van der Waals surface area (Å²) in [5.74, 6) is -0.699. The highest BCUT2D eigenvalue weighted by Gasteiger charge is 2.16. The molecule has 1 heterocycles. The molecule has 0 spiro atoms. The summed E-state index contributed by atoms with van der Waals surface area (Å²) in [6.45, 7) is 2.22. The number of hydrogen-bond donors (Lipinski definition) is 2. The molecule has 0 bridgehead atoms. The highest BCUT2D eigenvalue weighted by atomic mass is 35.5. The Morgan fingerprint density at radius 2 is 1.84 bits per heavy atom. The summed E-state index contributed by atoms with van der Waals surface area (Å²) >= 11 is 12.6. The lowest BCUT2D eigenvalue weighted by Crippen LogP contribution is -2.35. The van der Waals surface area contributed by atoms with E-state index in [0.717, 1.165) is 0 Å². The Morgan fingerprint density at radius 1 is 1.03 bits per heavy atom. The van der Waals surface area contributed by atoms with E-state index in [-0.39, 0.29) is 22.5 Å². The molecule has 31 heavy (non-hydrogen) atoms. The van der Waals surface area contributed by atoms with Crippen LogP contribution in [0.4, 0.5) is 5.69 Å². The number of ether oxygens (including phenoxy) is 1. The van der Waals surface area contributed by atoms with Crippen molar-refractivity contribution in [1.29, 1.82) is 0 Å². The van der Waals surface area contributed by atoms with Gasteiger partial charge in [-0.1, -0.05) is 29.3 Å². The summed E-state index contributed by atoms with van der Waals surface area (Å²) in [5, 5.41) is 6.30. The highest BCUT2D eigenvalue weighted by Crippen LogP contribution is 2.29. The third-order valence-electron chi connectivity index (χ3n) is 4.44. The topological polar surface area (TPSA) is 80.3 Å². The molecule has 0 unspecified atom stereocenters. The lowest BCUT2D eigenvalue weighted by molar-refractivity contribution is 0.0904. The quantitative estimate of drug-likeness (QED) is 0.518. The normalized spacial score (nSPS) is 11.6. The van der Waals surface area contributed by atoms with Crippen molar-refractivity contribution in [2.45, 2.75) is 13.0 Å². The maximum absolute atomic E-state index is 12.8. The summed E-state index contributed by atoms with van der Waals surface area (Å²) in [5.41, 5.74) is 2.54. The molecular weight excluding hydrogens is 437 g/mol. The van der Waals surface area contributed by atoms with Crippen molar-refractivity contribution < 1.29 is 14.3 Å². The minimum absolute atomic E-state index is 0.155. The van der Waals surface area contributed by atoms with E-state index in [2.05, 4.69) is 15.6 Å². The van der Waals surface area contributed by atoms with Gasteiger partial charge in [-0.3, -0.25) is 14.6 Å². The van der Waals surface area contributed by atoms with Gasteiger partial charge in [0.1, 0.15) is 0 Å². The first kappa shape index (κ1) is 22.7. The van der Waals surface area contributed by atoms with E-state index in [1.807, 2.05) is 25.1 Å². The number of amides is 2. The van der Waals surface area contributed by atoms with E-state index < -0.39 is 5.91 Å². The van der Waals surface area contributed by atoms with Crippen molar-refractivity contribution >= 4 is 40.7 Å². The fourth-order valence-electron chi connectivity index (χ4n) is 2.96. The van der Waals surface area contributed by atoms with Gasteiger partial charge in [0, 0.05) is 36.2 Å². The zero-order valence-corrected chi connectivity index (χ0v) is 18.5. The van der Waals surface area contributed by atoms with Crippen LogP contribution in [0.3, 0.4) is 0 Å². The second kappa shape index (κ2) is 10.4. The molecule has 0 fully saturated rings. The molecule has 0 aliphatic rings. The van der Waals surface area contributed by atoms with E-state index >= 15 is 0 Å². The van der Waals surface area contributed by atoms with Gasteiger partial charge in [0.25, 0.3) is 11.8 Å². The van der Waals surface area contributed by atoms with E-state index in [4.69, 9.17) is 27.9 Å². The minimum atomic E-state index is -0.404. The van der Waals surface area contributed by atoms with E-state index in [9.17, 15) is 9.59 Å². The zero-order chi connectivity index (χ0) is 22.4. The first-order chi connectivity index (χ1) is 14.9. The van der Waals surface area contributed by atoms with Gasteiger partial charge >= 0.3 is 0 Å². The van der Waals surface area contributed by atoms with E-state index in [1.165, 1.54) is 12.1 Å². The van der Waals surface area contributed by atoms with Gasteiger partial charge in [0.2, 0.25) is 0 Å². The number of nitrogens with one attached hydrogen (secondary N) is 2. The number of benzene rings is 2. The molecule has 2 aromatic carbocycles. The van der Waals surface area contributed by atoms with Crippen LogP contribution in [0.5, 0.6) is 0 Å². The molecule has 0 saturated carbocycles. The average Bonchev–Trinajstić information content (AvgIpc) is 2.75. The molecule has 2 amide bonds. The molecule has 3 rings (SSSR count). The smallest absolute Gasteiger partial charge is 0.257 e. The number of rotatable bonds is 7. The van der Waals surface area contributed by atoms with Crippen molar-refractivity contribution in [3.8, 4) is 11.3 Å². The maximum Gasteiger partial charge on any atom is 0.257 e. The van der Waals surface area contributed by atoms with Gasteiger partial charge in [-0.2, -0.15) is 0 Å². The third-order valence-corrected chi connectivity index (χ3v) is 5.08. The Balaban J connectivity index is 1.76. The fraction of sp³-hybridized carbons (Fsp3) is 0.174. The van der Waals surface area contributed by atoms with Gasteiger partial charge in [-0.15, -0.1) is 0 Å². The largest absolute Gasteiger partial charge is 0.383 e. The molecule has 6 nitrogen and oxygen atoms in total. The lowest BCUT2D eigenvalue weighted by Gasteiger charge is -2.14. The molecule has 3 aromatic rings. The zero-order valence-electron chi connectivity index (χ0n) is 17.0. The second-order valence-electron chi connectivity index (χ2n) is 6.89. The minimum Gasteiger partial charge on any atom is -0.383 e. The first-order valence-electron chi connectivity index (χ1n) is 9.50. The molecule has 0 aliphatic heterocycles. The molecule has 0 saturated heterocycles. The van der Waals surface area contributed by atoms with Crippen LogP contribution >= 0.6 is 23.2 Å². The summed E-state index contributed by atoms with van der Waals surface area (Å²) in [4.78, 5) is 29.4. The van der Waals surface area contributed by atoms with E-state index in [0.29, 0.717) is 34.1 Å². The summed E-state index contributed by atoms with van der Waals surface area (Å²) < 4.78 is 5.01. The van der Waals surface area contributed by atoms with Gasteiger partial charge in [-0.25, -0.2) is 0 Å². The van der Waals surface area contributed by atoms with Crippen molar-refractivity contribution in [3.05, 3.63) is 82.0 Å². The summed E-state index contributed by atoms with van der Waals surface area (Å²) in [6, 6.07) is 15.0. The predicted molar refractivity (Wildman–Crippen MR) is 123 cm³/mol. The third kappa shape index (κ3) is 5.82. The van der Waals surface area contributed by atoms with Crippen molar-refractivity contribution in [3.63, 3.8) is 0 Å². The van der Waals surface area contributed by atoms with Crippen LogP contribution in [-0.2, 0) is 4.74 Å². The Bertz CT molecular complexity index is 1090. The van der Waals surface area contributed by atoms with Gasteiger partial charge in [0.05, 0.1) is 27.9 Å². The fourth-order valence-corrected chi connectivity index (χ4v) is 3.44. The number of methoxy groups -OCH3 is 1. The molecule has 8 heteroatoms. The Hall–Kier alpha value is -2.93. The van der Waals surface area contributed by atoms with Crippen LogP contribution < -0.4 is 10.6 Å². The lowest BCUT2D eigenvalue weighted by atomic mass is 10.1. The number of carbonyl (C=O) groups is 2. The average molecular weight is 458 g/mol. The number of pyridine rings is 1. The number of halogens is 2. The molecule has 1 atom stereocenters. The Morgan fingerprint density at radius 3 is 2.52 bits per heavy atom. The molecular formula is C23H21Cl2N3O3. The molecule has 0 radical (unpaired) electrons. The van der Waals surface area contributed by atoms with Crippen LogP contribution in [0.15, 0.2) is 60.8 Å². The van der Waals surface area contributed by atoms with Crippen LogP contribution in [0.25, 0.3) is 11.3 Å². The number of hydrogen-bond acceptors (Lipinski definition) is 4. The number of aromatic nitrogens is 1. The number of nitrogens with zero attached hydrogens (tertiary/aromatic N) is 1. The number of anilines is 1. The Labute approximate surface area is 190 Å². The van der Waals surface area contributed by atoms with Crippen LogP contribution in [0, 0.1) is 0 Å². The second-order valence-corrected chi connectivity index (χ2v) is 7.70. The molecule has 2 N–H and O–H groups in total. The van der Waals surface area contributed by atoms with Crippen LogP contribution in [-0.4, -0.2) is 36.6 Å². The molecule has 1 aromatic heterocycles. The van der Waals surface area contributed by atoms with Gasteiger partial charge in [-0.05, 0) is 55.5 Å². The standard InChI is InChI=1S/C23H21Cl2N3O3/c1-14(13-31-2)27-22(29)15-6-8-17(20(25)11-15)23(30)28-16-7-9-19(24)18(12-16)21-5-3-4-10-26-21/h3-12,14H,13H2,1-2H3,(H,27,29)(H,28,30)/t14-/m0/s1. The highest BCUT2D eigenvalue weighted by molar-refractivity contribution is 6.35. The van der Waals surface area contributed by atoms with Crippen molar-refractivity contribution in [2.75, 3.05) is 19.0 Å². The predicted octanol–water partition coefficient (Wildman–Crippen LogP) is 5.07. The monoisotopic (exact) mass is 457 g/mol. The van der Waals surface area contributed by atoms with Crippen LogP contribution in [0.2, 0.25) is 10.0 Å². The van der Waals surface area contributed by atoms with Gasteiger partial charge < -0.3 is 15.4 Å². The maximum atomic E-state index is 12.8. The first-order valence-corrected chi connectivity index (χ1v) is 10.3. The van der Waals surface area contributed by atoms with Gasteiger partial charge in [0.15, 0.2) is 0 Å². The molecule has 160 valence electrons. The molecule has 0 aliphatic carbocycles.